The lowest BCUT2D eigenvalue weighted by atomic mass is 9.71. The Labute approximate surface area is 295 Å². The summed E-state index contributed by atoms with van der Waals surface area (Å²) >= 11 is 0. The van der Waals surface area contributed by atoms with Crippen molar-refractivity contribution in [1.29, 1.82) is 0 Å². The van der Waals surface area contributed by atoms with Crippen LogP contribution in [0.2, 0.25) is 0 Å². The van der Waals surface area contributed by atoms with Crippen LogP contribution in [0.4, 0.5) is 0 Å². The highest BCUT2D eigenvalue weighted by atomic mass is 16.8. The van der Waals surface area contributed by atoms with Crippen molar-refractivity contribution in [2.24, 2.45) is 5.92 Å². The Morgan fingerprint density at radius 3 is 2.31 bits per heavy atom. The molecule has 1 aliphatic carbocycles. The van der Waals surface area contributed by atoms with E-state index in [0.717, 1.165) is 6.92 Å². The number of phenols is 2. The molecule has 0 radical (unpaired) electrons. The van der Waals surface area contributed by atoms with Crippen molar-refractivity contribution >= 4 is 24.0 Å². The number of carbonyl (C=O) groups is 3. The Morgan fingerprint density at radius 2 is 1.63 bits per heavy atom. The largest absolute Gasteiger partial charge is 0.504 e. The molecule has 2 bridgehead atoms. The highest BCUT2D eigenvalue weighted by Crippen LogP contribution is 2.49. The van der Waals surface area contributed by atoms with Crippen molar-refractivity contribution in [2.75, 3.05) is 34.0 Å². The number of benzene rings is 2. The molecule has 2 aromatic rings. The second-order valence-electron chi connectivity index (χ2n) is 12.6. The highest BCUT2D eigenvalue weighted by Gasteiger charge is 2.62. The van der Waals surface area contributed by atoms with E-state index in [1.807, 2.05) is 0 Å². The molecule has 282 valence electrons. The molecular weight excluding hydrogens is 696 g/mol. The van der Waals surface area contributed by atoms with Gasteiger partial charge in [-0.25, -0.2) is 4.79 Å². The van der Waals surface area contributed by atoms with Gasteiger partial charge in [0.15, 0.2) is 35.4 Å². The molecule has 52 heavy (non-hydrogen) atoms. The van der Waals surface area contributed by atoms with Crippen LogP contribution in [0, 0.1) is 5.92 Å². The molecule has 3 saturated heterocycles. The molecule has 2 aromatic carbocycles. The molecule has 0 saturated carbocycles. The average Bonchev–Trinajstić information content (AvgIpc) is 3.37. The van der Waals surface area contributed by atoms with Crippen LogP contribution >= 0.6 is 0 Å². The van der Waals surface area contributed by atoms with E-state index >= 15 is 0 Å². The van der Waals surface area contributed by atoms with Gasteiger partial charge in [-0.2, -0.15) is 0 Å². The maximum Gasteiger partial charge on any atom is 0.335 e. The third kappa shape index (κ3) is 6.52. The fraction of sp³-hybridized carbons (Fsp3) is 0.500. The Hall–Kier alpha value is -4.53. The molecule has 0 amide bonds. The van der Waals surface area contributed by atoms with Gasteiger partial charge in [0.25, 0.3) is 0 Å². The number of methoxy groups -OCH3 is 2. The average molecular weight is 735 g/mol. The SMILES string of the molecule is COc1cc([C@@H]2c3cc(O)c(OC)cc3C=C3C(=O)OC[C@@H]4O[C@@](CO)(O[C@H]5O[C@H](COC(C)=O)[C@@H](O)[C@@H](O)[C@H]5O)[C@H](OC(=O)[C@H]32)[C@H]4O)ccc1O. The van der Waals surface area contributed by atoms with E-state index in [-0.39, 0.29) is 28.6 Å². The fourth-order valence-corrected chi connectivity index (χ4v) is 6.87. The number of aromatic hydroxyl groups is 2. The van der Waals surface area contributed by atoms with Crippen LogP contribution < -0.4 is 9.47 Å². The number of esters is 3. The number of hydrogen-bond donors (Lipinski definition) is 7. The van der Waals surface area contributed by atoms with Gasteiger partial charge in [0.05, 0.1) is 25.7 Å². The predicted octanol–water partition coefficient (Wildman–Crippen LogP) is -1.44. The number of carbonyl (C=O) groups excluding carboxylic acids is 3. The second-order valence-corrected chi connectivity index (χ2v) is 12.6. The van der Waals surface area contributed by atoms with Crippen LogP contribution in [0.25, 0.3) is 6.08 Å². The minimum absolute atomic E-state index is 0.0178. The summed E-state index contributed by atoms with van der Waals surface area (Å²) in [5.74, 6) is -8.60. The normalized spacial score (nSPS) is 34.2. The summed E-state index contributed by atoms with van der Waals surface area (Å²) in [6.45, 7) is -1.29. The van der Waals surface area contributed by atoms with Gasteiger partial charge in [-0.1, -0.05) is 6.07 Å². The molecular formula is C34H38O18. The zero-order valence-electron chi connectivity index (χ0n) is 28.0. The Bertz CT molecular complexity index is 1740. The maximum atomic E-state index is 14.5. The quantitative estimate of drug-likeness (QED) is 0.121. The smallest absolute Gasteiger partial charge is 0.335 e. The zero-order valence-corrected chi connectivity index (χ0v) is 28.0. The first kappa shape index (κ1) is 37.2. The molecule has 3 fully saturated rings. The number of aliphatic hydroxyl groups is 5. The van der Waals surface area contributed by atoms with E-state index in [9.17, 15) is 50.1 Å². The maximum absolute atomic E-state index is 14.5. The van der Waals surface area contributed by atoms with Gasteiger partial charge in [-0.05, 0) is 47.0 Å². The van der Waals surface area contributed by atoms with Crippen LogP contribution in [0.5, 0.6) is 23.0 Å². The summed E-state index contributed by atoms with van der Waals surface area (Å²) in [5.41, 5.74) is 0.788. The Kier molecular flexibility index (Phi) is 10.4. The number of cyclic esters (lactones) is 1. The predicted molar refractivity (Wildman–Crippen MR) is 169 cm³/mol. The van der Waals surface area contributed by atoms with Gasteiger partial charge in [-0.15, -0.1) is 0 Å². The topological polar surface area (TPSA) is 267 Å². The summed E-state index contributed by atoms with van der Waals surface area (Å²) in [6, 6.07) is 6.98. The van der Waals surface area contributed by atoms with E-state index in [4.69, 9.17) is 37.9 Å². The van der Waals surface area contributed by atoms with Crippen molar-refractivity contribution in [2.45, 2.75) is 67.6 Å². The van der Waals surface area contributed by atoms with E-state index in [1.165, 1.54) is 50.6 Å². The van der Waals surface area contributed by atoms with Crippen molar-refractivity contribution in [3.05, 3.63) is 52.6 Å². The minimum Gasteiger partial charge on any atom is -0.504 e. The minimum atomic E-state index is -2.53. The third-order valence-corrected chi connectivity index (χ3v) is 9.50. The molecule has 7 N–H and O–H groups in total. The first-order valence-corrected chi connectivity index (χ1v) is 16.1. The van der Waals surface area contributed by atoms with Crippen LogP contribution in [0.15, 0.2) is 35.9 Å². The van der Waals surface area contributed by atoms with Crippen LogP contribution in [0.3, 0.4) is 0 Å². The van der Waals surface area contributed by atoms with Gasteiger partial charge in [0.2, 0.25) is 5.79 Å². The van der Waals surface area contributed by atoms with E-state index < -0.39 is 104 Å². The lowest BCUT2D eigenvalue weighted by Crippen LogP contribution is -2.63. The molecule has 18 nitrogen and oxygen atoms in total. The van der Waals surface area contributed by atoms with Crippen LogP contribution in [-0.4, -0.2) is 142 Å². The molecule has 11 atom stereocenters. The first-order valence-electron chi connectivity index (χ1n) is 16.1. The summed E-state index contributed by atoms with van der Waals surface area (Å²) in [7, 11) is 2.64. The lowest BCUT2D eigenvalue weighted by molar-refractivity contribution is -0.383. The molecule has 0 spiro atoms. The van der Waals surface area contributed by atoms with E-state index in [2.05, 4.69) is 0 Å². The van der Waals surface area contributed by atoms with Crippen molar-refractivity contribution in [3.63, 3.8) is 0 Å². The second kappa shape index (κ2) is 14.5. The summed E-state index contributed by atoms with van der Waals surface area (Å²) in [6.07, 6.45) is -12.9. The summed E-state index contributed by atoms with van der Waals surface area (Å²) < 4.78 is 44.2. The van der Waals surface area contributed by atoms with Crippen LogP contribution in [0.1, 0.15) is 29.5 Å². The van der Waals surface area contributed by atoms with Crippen molar-refractivity contribution in [1.82, 2.24) is 0 Å². The number of hydrogen-bond acceptors (Lipinski definition) is 18. The number of phenolic OH excluding ortho intramolecular Hbond substituents is 2. The van der Waals surface area contributed by atoms with Crippen molar-refractivity contribution in [3.8, 4) is 23.0 Å². The summed E-state index contributed by atoms with van der Waals surface area (Å²) in [4.78, 5) is 39.7. The number of fused-ring (bicyclic) bond motifs is 4. The molecule has 0 aromatic heterocycles. The Morgan fingerprint density at radius 1 is 0.923 bits per heavy atom. The van der Waals surface area contributed by atoms with Gasteiger partial charge in [0, 0.05) is 12.8 Å². The first-order chi connectivity index (χ1) is 24.7. The molecule has 18 heteroatoms. The number of ether oxygens (including phenoxy) is 8. The van der Waals surface area contributed by atoms with Crippen LogP contribution in [-0.2, 0) is 42.8 Å². The molecule has 4 aliphatic rings. The molecule has 0 unspecified atom stereocenters. The molecule has 6 rings (SSSR count). The summed E-state index contributed by atoms with van der Waals surface area (Å²) in [5, 5.41) is 75.0. The van der Waals surface area contributed by atoms with E-state index in [1.54, 1.807) is 0 Å². The number of aliphatic hydroxyl groups excluding tert-OH is 5. The van der Waals surface area contributed by atoms with Gasteiger partial charge >= 0.3 is 17.9 Å². The van der Waals surface area contributed by atoms with Crippen molar-refractivity contribution < 1.29 is 88.0 Å². The van der Waals surface area contributed by atoms with Gasteiger partial charge in [0.1, 0.15) is 56.4 Å². The highest BCUT2D eigenvalue weighted by molar-refractivity contribution is 6.02. The zero-order chi connectivity index (χ0) is 37.6. The number of rotatable bonds is 8. The van der Waals surface area contributed by atoms with Gasteiger partial charge in [-0.3, -0.25) is 9.59 Å². The van der Waals surface area contributed by atoms with Gasteiger partial charge < -0.3 is 73.6 Å². The third-order valence-electron chi connectivity index (χ3n) is 9.50. The lowest BCUT2D eigenvalue weighted by Gasteiger charge is -2.44. The van der Waals surface area contributed by atoms with E-state index in [0.29, 0.717) is 16.7 Å². The molecule has 3 aliphatic heterocycles. The molecule has 3 heterocycles. The monoisotopic (exact) mass is 734 g/mol. The Balaban J connectivity index is 1.42. The fourth-order valence-electron chi connectivity index (χ4n) is 6.87. The standard InChI is InChI=1S/C34H38O18/c1-13(36)47-10-22-26(39)28(41)29(42)33(49-22)52-34(12-35)30-27(40)23(51-34)11-48-31(43)17-6-15-8-21(46-3)19(38)9-16(15)24(25(17)32(44)50-30)14-4-5-18(37)20(7-14)45-2/h4-9,22-30,33,35,37-42H,10-12H2,1-3H3/t22-,23+,24-,25-,26-,27+,28-,29-,30-,33-,34+/m1/s1.